The first-order chi connectivity index (χ1) is 14.7. The third kappa shape index (κ3) is 4.89. The molecule has 1 N–H and O–H groups in total. The van der Waals surface area contributed by atoms with Gasteiger partial charge in [-0.05, 0) is 48.0 Å². The highest BCUT2D eigenvalue weighted by Gasteiger charge is 2.05. The molecule has 2 aromatic heterocycles. The van der Waals surface area contributed by atoms with Gasteiger partial charge < -0.3 is 10.1 Å². The van der Waals surface area contributed by atoms with Gasteiger partial charge in [0.2, 0.25) is 11.8 Å². The molecule has 0 unspecified atom stereocenters. The minimum atomic E-state index is -0.261. The Bertz CT molecular complexity index is 1170. The van der Waals surface area contributed by atoms with Crippen LogP contribution in [0.3, 0.4) is 0 Å². The van der Waals surface area contributed by atoms with Crippen LogP contribution in [-0.4, -0.2) is 25.7 Å². The number of carbonyl (C=O) groups excluding carboxylic acids is 1. The van der Waals surface area contributed by atoms with Crippen molar-refractivity contribution < 1.29 is 9.53 Å². The Morgan fingerprint density at radius 3 is 2.67 bits per heavy atom. The average Bonchev–Trinajstić information content (AvgIpc) is 3.30. The molecular weight excluding hydrogens is 402 g/mol. The molecule has 4 rings (SSSR count). The summed E-state index contributed by atoms with van der Waals surface area (Å²) in [6, 6.07) is 17.8. The molecule has 7 nitrogen and oxygen atoms in total. The van der Waals surface area contributed by atoms with E-state index in [1.54, 1.807) is 65.6 Å². The van der Waals surface area contributed by atoms with Gasteiger partial charge in [0.15, 0.2) is 5.82 Å². The highest BCUT2D eigenvalue weighted by molar-refractivity contribution is 6.32. The van der Waals surface area contributed by atoms with E-state index in [9.17, 15) is 4.79 Å². The van der Waals surface area contributed by atoms with E-state index in [1.807, 2.05) is 18.2 Å². The average molecular weight is 418 g/mol. The van der Waals surface area contributed by atoms with Gasteiger partial charge in [0.1, 0.15) is 12.1 Å². The van der Waals surface area contributed by atoms with E-state index in [0.29, 0.717) is 28.2 Å². The number of nitrogens with one attached hydrogen (secondary N) is 1. The van der Waals surface area contributed by atoms with Crippen molar-refractivity contribution in [2.75, 3.05) is 5.32 Å². The molecule has 0 aliphatic heterocycles. The predicted octanol–water partition coefficient (Wildman–Crippen LogP) is 4.76. The lowest BCUT2D eigenvalue weighted by Crippen LogP contribution is -2.07. The van der Waals surface area contributed by atoms with Gasteiger partial charge in [0, 0.05) is 35.2 Å². The summed E-state index contributed by atoms with van der Waals surface area (Å²) in [6.07, 6.45) is 7.96. The number of anilines is 1. The summed E-state index contributed by atoms with van der Waals surface area (Å²) in [6.45, 7) is 0. The standard InChI is InChI=1S/C22H16ClN5O2/c23-19-5-2-1-4-16(19)6-11-21(29)27-17-7-9-18(10-8-17)30-22-14-20(24-15-25-22)28-13-3-12-26-28/h1-15H,(H,27,29)/b11-6+. The molecule has 2 heterocycles. The van der Waals surface area contributed by atoms with Crippen LogP contribution in [0.5, 0.6) is 11.6 Å². The third-order valence-corrected chi connectivity index (χ3v) is 4.37. The second-order valence-corrected chi connectivity index (χ2v) is 6.54. The van der Waals surface area contributed by atoms with Crippen molar-refractivity contribution in [1.29, 1.82) is 0 Å². The van der Waals surface area contributed by atoms with Crippen LogP contribution < -0.4 is 10.1 Å². The van der Waals surface area contributed by atoms with Crippen LogP contribution in [-0.2, 0) is 4.79 Å². The molecule has 2 aromatic carbocycles. The van der Waals surface area contributed by atoms with Gasteiger partial charge in [-0.1, -0.05) is 29.8 Å². The molecule has 0 saturated carbocycles. The summed E-state index contributed by atoms with van der Waals surface area (Å²) in [5, 5.41) is 7.51. The second-order valence-electron chi connectivity index (χ2n) is 6.14. The molecular formula is C22H16ClN5O2. The van der Waals surface area contributed by atoms with Crippen molar-refractivity contribution in [1.82, 2.24) is 19.7 Å². The lowest BCUT2D eigenvalue weighted by atomic mass is 10.2. The SMILES string of the molecule is O=C(/C=C/c1ccccc1Cl)Nc1ccc(Oc2cc(-n3cccn3)ncn2)cc1. The zero-order valence-corrected chi connectivity index (χ0v) is 16.4. The summed E-state index contributed by atoms with van der Waals surface area (Å²) >= 11 is 6.08. The molecule has 8 heteroatoms. The maximum atomic E-state index is 12.1. The molecule has 0 aliphatic rings. The van der Waals surface area contributed by atoms with E-state index < -0.39 is 0 Å². The fourth-order valence-corrected chi connectivity index (χ4v) is 2.80. The van der Waals surface area contributed by atoms with Gasteiger partial charge in [-0.2, -0.15) is 5.10 Å². The summed E-state index contributed by atoms with van der Waals surface area (Å²) in [5.74, 6) is 1.29. The molecule has 148 valence electrons. The van der Waals surface area contributed by atoms with Crippen molar-refractivity contribution in [3.63, 3.8) is 0 Å². The third-order valence-electron chi connectivity index (χ3n) is 4.03. The van der Waals surface area contributed by atoms with Crippen LogP contribution in [0.25, 0.3) is 11.9 Å². The van der Waals surface area contributed by atoms with Gasteiger partial charge in [0.25, 0.3) is 0 Å². The van der Waals surface area contributed by atoms with Gasteiger partial charge in [-0.15, -0.1) is 0 Å². The molecule has 0 saturated heterocycles. The first-order valence-electron chi connectivity index (χ1n) is 9.01. The minimum Gasteiger partial charge on any atom is -0.439 e. The van der Waals surface area contributed by atoms with E-state index in [1.165, 1.54) is 12.4 Å². The zero-order chi connectivity index (χ0) is 20.8. The normalized spacial score (nSPS) is 10.8. The van der Waals surface area contributed by atoms with E-state index in [4.69, 9.17) is 16.3 Å². The first kappa shape index (κ1) is 19.4. The predicted molar refractivity (Wildman–Crippen MR) is 115 cm³/mol. The Balaban J connectivity index is 1.38. The first-order valence-corrected chi connectivity index (χ1v) is 9.39. The summed E-state index contributed by atoms with van der Waals surface area (Å²) < 4.78 is 7.38. The quantitative estimate of drug-likeness (QED) is 0.457. The van der Waals surface area contributed by atoms with Crippen LogP contribution in [0.15, 0.2) is 85.5 Å². The number of amides is 1. The maximum absolute atomic E-state index is 12.1. The summed E-state index contributed by atoms with van der Waals surface area (Å²) in [4.78, 5) is 20.4. The van der Waals surface area contributed by atoms with Crippen molar-refractivity contribution in [2.45, 2.75) is 0 Å². The van der Waals surface area contributed by atoms with Crippen LogP contribution >= 0.6 is 11.6 Å². The maximum Gasteiger partial charge on any atom is 0.248 e. The topological polar surface area (TPSA) is 81.9 Å². The molecule has 0 aliphatic carbocycles. The fraction of sp³-hybridized carbons (Fsp3) is 0. The highest BCUT2D eigenvalue weighted by atomic mass is 35.5. The summed E-state index contributed by atoms with van der Waals surface area (Å²) in [5.41, 5.74) is 1.41. The van der Waals surface area contributed by atoms with Crippen LogP contribution in [0.2, 0.25) is 5.02 Å². The molecule has 0 atom stereocenters. The number of hydrogen-bond donors (Lipinski definition) is 1. The summed E-state index contributed by atoms with van der Waals surface area (Å²) in [7, 11) is 0. The number of ether oxygens (including phenoxy) is 1. The molecule has 30 heavy (non-hydrogen) atoms. The van der Waals surface area contributed by atoms with Crippen LogP contribution in [0, 0.1) is 0 Å². The molecule has 0 bridgehead atoms. The van der Waals surface area contributed by atoms with E-state index >= 15 is 0 Å². The highest BCUT2D eigenvalue weighted by Crippen LogP contribution is 2.22. The van der Waals surface area contributed by atoms with Crippen LogP contribution in [0.4, 0.5) is 5.69 Å². The Labute approximate surface area is 177 Å². The van der Waals surface area contributed by atoms with Crippen molar-refractivity contribution in [2.24, 2.45) is 0 Å². The lowest BCUT2D eigenvalue weighted by molar-refractivity contribution is -0.111. The van der Waals surface area contributed by atoms with Gasteiger partial charge in [-0.25, -0.2) is 14.6 Å². The molecule has 4 aromatic rings. The Kier molecular flexibility index (Phi) is 5.82. The van der Waals surface area contributed by atoms with Crippen LogP contribution in [0.1, 0.15) is 5.56 Å². The lowest BCUT2D eigenvalue weighted by Gasteiger charge is -2.07. The molecule has 0 radical (unpaired) electrons. The van der Waals surface area contributed by atoms with E-state index in [-0.39, 0.29) is 5.91 Å². The number of nitrogens with zero attached hydrogens (tertiary/aromatic N) is 4. The zero-order valence-electron chi connectivity index (χ0n) is 15.6. The van der Waals surface area contributed by atoms with Gasteiger partial charge >= 0.3 is 0 Å². The number of benzene rings is 2. The number of aromatic nitrogens is 4. The minimum absolute atomic E-state index is 0.261. The largest absolute Gasteiger partial charge is 0.439 e. The van der Waals surface area contributed by atoms with Crippen molar-refractivity contribution >= 4 is 29.3 Å². The monoisotopic (exact) mass is 417 g/mol. The Hall–Kier alpha value is -3.97. The van der Waals surface area contributed by atoms with E-state index in [0.717, 1.165) is 5.56 Å². The Morgan fingerprint density at radius 2 is 1.90 bits per heavy atom. The number of hydrogen-bond acceptors (Lipinski definition) is 5. The number of rotatable bonds is 6. The second kappa shape index (κ2) is 9.02. The molecule has 0 fully saturated rings. The van der Waals surface area contributed by atoms with Crippen molar-refractivity contribution in [3.05, 3.63) is 96.0 Å². The van der Waals surface area contributed by atoms with Gasteiger partial charge in [-0.3, -0.25) is 4.79 Å². The number of halogens is 1. The van der Waals surface area contributed by atoms with E-state index in [2.05, 4.69) is 20.4 Å². The Morgan fingerprint density at radius 1 is 1.07 bits per heavy atom. The van der Waals surface area contributed by atoms with Gasteiger partial charge in [0.05, 0.1) is 0 Å². The fourth-order valence-electron chi connectivity index (χ4n) is 2.60. The molecule has 0 spiro atoms. The molecule has 1 amide bonds. The van der Waals surface area contributed by atoms with Crippen molar-refractivity contribution in [3.8, 4) is 17.4 Å². The number of carbonyl (C=O) groups is 1. The smallest absolute Gasteiger partial charge is 0.248 e.